The SMILES string of the molecule is CC(C)Cc1nc(=S)cc(NCc2ccccc2)[nH]1. The van der Waals surface area contributed by atoms with Crippen LogP contribution in [-0.4, -0.2) is 9.97 Å². The molecule has 0 radical (unpaired) electrons. The van der Waals surface area contributed by atoms with Gasteiger partial charge in [0, 0.05) is 19.0 Å². The highest BCUT2D eigenvalue weighted by Crippen LogP contribution is 2.09. The fourth-order valence-corrected chi connectivity index (χ4v) is 2.11. The minimum atomic E-state index is 0.558. The van der Waals surface area contributed by atoms with Crippen LogP contribution in [0.25, 0.3) is 0 Å². The summed E-state index contributed by atoms with van der Waals surface area (Å²) in [6, 6.07) is 12.1. The molecule has 0 amide bonds. The van der Waals surface area contributed by atoms with Crippen molar-refractivity contribution in [2.45, 2.75) is 26.8 Å². The van der Waals surface area contributed by atoms with E-state index in [1.807, 2.05) is 24.3 Å². The highest BCUT2D eigenvalue weighted by Gasteiger charge is 2.02. The molecule has 4 heteroatoms. The first-order valence-corrected chi connectivity index (χ1v) is 6.92. The Bertz CT molecular complexity index is 575. The van der Waals surface area contributed by atoms with Gasteiger partial charge in [-0.3, -0.25) is 0 Å². The number of nitrogens with one attached hydrogen (secondary N) is 2. The van der Waals surface area contributed by atoms with Crippen molar-refractivity contribution in [1.29, 1.82) is 0 Å². The lowest BCUT2D eigenvalue weighted by Gasteiger charge is -2.10. The van der Waals surface area contributed by atoms with Crippen molar-refractivity contribution >= 4 is 18.0 Å². The Kier molecular flexibility index (Phi) is 4.68. The van der Waals surface area contributed by atoms with E-state index in [1.165, 1.54) is 5.56 Å². The average Bonchev–Trinajstić information content (AvgIpc) is 2.36. The van der Waals surface area contributed by atoms with Gasteiger partial charge < -0.3 is 10.3 Å². The molecule has 1 aromatic carbocycles. The van der Waals surface area contributed by atoms with Gasteiger partial charge in [-0.2, -0.15) is 0 Å². The number of aromatic nitrogens is 2. The molecule has 3 nitrogen and oxygen atoms in total. The van der Waals surface area contributed by atoms with Crippen LogP contribution in [0.1, 0.15) is 25.2 Å². The predicted molar refractivity (Wildman–Crippen MR) is 81.7 cm³/mol. The second-order valence-electron chi connectivity index (χ2n) is 5.02. The largest absolute Gasteiger partial charge is 0.367 e. The van der Waals surface area contributed by atoms with E-state index in [4.69, 9.17) is 12.2 Å². The van der Waals surface area contributed by atoms with Gasteiger partial charge in [0.15, 0.2) is 0 Å². The summed E-state index contributed by atoms with van der Waals surface area (Å²) in [6.07, 6.45) is 0.907. The Balaban J connectivity index is 2.08. The summed E-state index contributed by atoms with van der Waals surface area (Å²) in [4.78, 5) is 7.65. The molecule has 0 fully saturated rings. The van der Waals surface area contributed by atoms with Crippen LogP contribution >= 0.6 is 12.2 Å². The number of benzene rings is 1. The number of rotatable bonds is 5. The Morgan fingerprint density at radius 3 is 2.68 bits per heavy atom. The van der Waals surface area contributed by atoms with Crippen molar-refractivity contribution in [1.82, 2.24) is 9.97 Å². The molecule has 0 unspecified atom stereocenters. The first-order chi connectivity index (χ1) is 9.13. The van der Waals surface area contributed by atoms with Crippen LogP contribution in [0, 0.1) is 10.6 Å². The number of anilines is 1. The molecule has 1 heterocycles. The monoisotopic (exact) mass is 273 g/mol. The van der Waals surface area contributed by atoms with E-state index in [1.54, 1.807) is 0 Å². The number of hydrogen-bond donors (Lipinski definition) is 2. The van der Waals surface area contributed by atoms with Crippen LogP contribution in [0.4, 0.5) is 5.82 Å². The van der Waals surface area contributed by atoms with Gasteiger partial charge in [0.2, 0.25) is 0 Å². The van der Waals surface area contributed by atoms with E-state index >= 15 is 0 Å². The van der Waals surface area contributed by atoms with Gasteiger partial charge in [-0.05, 0) is 11.5 Å². The lowest BCUT2D eigenvalue weighted by molar-refractivity contribution is 0.620. The van der Waals surface area contributed by atoms with Gasteiger partial charge >= 0.3 is 0 Å². The number of aromatic amines is 1. The van der Waals surface area contributed by atoms with Gasteiger partial charge in [-0.15, -0.1) is 0 Å². The zero-order valence-corrected chi connectivity index (χ0v) is 12.1. The van der Waals surface area contributed by atoms with Gasteiger partial charge in [0.05, 0.1) is 0 Å². The van der Waals surface area contributed by atoms with Gasteiger partial charge in [0.1, 0.15) is 16.3 Å². The summed E-state index contributed by atoms with van der Waals surface area (Å²) in [7, 11) is 0. The molecule has 0 aliphatic carbocycles. The smallest absolute Gasteiger partial charge is 0.131 e. The fourth-order valence-electron chi connectivity index (χ4n) is 1.88. The standard InChI is InChI=1S/C15H19N3S/c1-11(2)8-14-17-13(9-15(19)18-14)16-10-12-6-4-3-5-7-12/h3-7,9,11H,8,10H2,1-2H3,(H2,16,17,18,19). The second kappa shape index (κ2) is 6.48. The van der Waals surface area contributed by atoms with Crippen LogP contribution in [0.15, 0.2) is 36.4 Å². The van der Waals surface area contributed by atoms with Crippen molar-refractivity contribution in [2.24, 2.45) is 5.92 Å². The van der Waals surface area contributed by atoms with Gasteiger partial charge in [0.25, 0.3) is 0 Å². The van der Waals surface area contributed by atoms with E-state index in [-0.39, 0.29) is 0 Å². The molecule has 2 rings (SSSR count). The lowest BCUT2D eigenvalue weighted by Crippen LogP contribution is -2.06. The van der Waals surface area contributed by atoms with Crippen molar-refractivity contribution in [3.05, 3.63) is 52.4 Å². The van der Waals surface area contributed by atoms with Crippen molar-refractivity contribution in [2.75, 3.05) is 5.32 Å². The van der Waals surface area contributed by atoms with Crippen molar-refractivity contribution < 1.29 is 0 Å². The normalized spacial score (nSPS) is 10.7. The van der Waals surface area contributed by atoms with Gasteiger partial charge in [-0.1, -0.05) is 56.4 Å². The quantitative estimate of drug-likeness (QED) is 0.810. The summed E-state index contributed by atoms with van der Waals surface area (Å²) < 4.78 is 0.630. The van der Waals surface area contributed by atoms with Crippen LogP contribution in [-0.2, 0) is 13.0 Å². The van der Waals surface area contributed by atoms with E-state index in [2.05, 4.69) is 41.3 Å². The molecular formula is C15H19N3S. The molecule has 0 aliphatic rings. The Hall–Kier alpha value is -1.68. The predicted octanol–water partition coefficient (Wildman–Crippen LogP) is 3.95. The van der Waals surface area contributed by atoms with Crippen molar-refractivity contribution in [3.8, 4) is 0 Å². The molecule has 0 aliphatic heterocycles. The van der Waals surface area contributed by atoms with Crippen molar-refractivity contribution in [3.63, 3.8) is 0 Å². The molecule has 0 saturated carbocycles. The summed E-state index contributed by atoms with van der Waals surface area (Å²) in [6.45, 7) is 5.11. The van der Waals surface area contributed by atoms with Crippen LogP contribution in [0.3, 0.4) is 0 Å². The van der Waals surface area contributed by atoms with Crippen LogP contribution in [0.5, 0.6) is 0 Å². The molecular weight excluding hydrogens is 254 g/mol. The minimum Gasteiger partial charge on any atom is -0.367 e. The molecule has 0 saturated heterocycles. The molecule has 2 aromatic rings. The molecule has 0 bridgehead atoms. The zero-order valence-electron chi connectivity index (χ0n) is 11.3. The maximum atomic E-state index is 5.20. The van der Waals surface area contributed by atoms with E-state index in [0.717, 1.165) is 24.6 Å². The summed E-state index contributed by atoms with van der Waals surface area (Å²) in [5, 5.41) is 3.35. The maximum absolute atomic E-state index is 5.20. The average molecular weight is 273 g/mol. The van der Waals surface area contributed by atoms with E-state index in [0.29, 0.717) is 10.6 Å². The highest BCUT2D eigenvalue weighted by molar-refractivity contribution is 7.71. The number of hydrogen-bond acceptors (Lipinski definition) is 3. The Morgan fingerprint density at radius 2 is 2.00 bits per heavy atom. The summed E-state index contributed by atoms with van der Waals surface area (Å²) in [5.41, 5.74) is 1.24. The summed E-state index contributed by atoms with van der Waals surface area (Å²) >= 11 is 5.20. The third-order valence-corrected chi connectivity index (χ3v) is 2.93. The summed E-state index contributed by atoms with van der Waals surface area (Å²) in [5.74, 6) is 2.43. The molecule has 1 aromatic heterocycles. The fraction of sp³-hybridized carbons (Fsp3) is 0.333. The minimum absolute atomic E-state index is 0.558. The number of nitrogens with zero attached hydrogens (tertiary/aromatic N) is 1. The van der Waals surface area contributed by atoms with E-state index in [9.17, 15) is 0 Å². The van der Waals surface area contributed by atoms with Crippen LogP contribution < -0.4 is 5.32 Å². The first-order valence-electron chi connectivity index (χ1n) is 6.51. The second-order valence-corrected chi connectivity index (χ2v) is 5.44. The van der Waals surface area contributed by atoms with Gasteiger partial charge in [-0.25, -0.2) is 4.98 Å². The molecule has 100 valence electrons. The Labute approximate surface area is 119 Å². The molecule has 0 atom stereocenters. The lowest BCUT2D eigenvalue weighted by atomic mass is 10.1. The van der Waals surface area contributed by atoms with Crippen LogP contribution in [0.2, 0.25) is 0 Å². The highest BCUT2D eigenvalue weighted by atomic mass is 32.1. The number of H-pyrrole nitrogens is 1. The molecule has 19 heavy (non-hydrogen) atoms. The first kappa shape index (κ1) is 13.7. The van der Waals surface area contributed by atoms with E-state index < -0.39 is 0 Å². The molecule has 2 N–H and O–H groups in total. The Morgan fingerprint density at radius 1 is 1.26 bits per heavy atom. The molecule has 0 spiro atoms. The topological polar surface area (TPSA) is 40.7 Å². The zero-order chi connectivity index (χ0) is 13.7. The maximum Gasteiger partial charge on any atom is 0.131 e. The third kappa shape index (κ3) is 4.48. The third-order valence-electron chi connectivity index (χ3n) is 2.72.